The van der Waals surface area contributed by atoms with Crippen molar-refractivity contribution in [2.45, 2.75) is 26.7 Å². The molecule has 0 fully saturated rings. The molecule has 0 atom stereocenters. The van der Waals surface area contributed by atoms with Gasteiger partial charge >= 0.3 is 0 Å². The number of carbonyl (C=O) groups is 1. The highest BCUT2D eigenvalue weighted by Crippen LogP contribution is 2.18. The number of anilines is 2. The fraction of sp³-hybridized carbons (Fsp3) is 0.240. The molecule has 3 aromatic carbocycles. The zero-order valence-corrected chi connectivity index (χ0v) is 17.1. The predicted molar refractivity (Wildman–Crippen MR) is 120 cm³/mol. The third-order valence-electron chi connectivity index (χ3n) is 4.80. The lowest BCUT2D eigenvalue weighted by Gasteiger charge is -2.11. The highest BCUT2D eigenvalue weighted by Gasteiger charge is 2.04. The summed E-state index contributed by atoms with van der Waals surface area (Å²) in [6.07, 6.45) is 1.96. The van der Waals surface area contributed by atoms with Crippen LogP contribution in [0.2, 0.25) is 0 Å². The Labute approximate surface area is 172 Å². The van der Waals surface area contributed by atoms with Gasteiger partial charge in [0.1, 0.15) is 5.75 Å². The maximum Gasteiger partial charge on any atom is 0.243 e. The van der Waals surface area contributed by atoms with Crippen molar-refractivity contribution in [1.82, 2.24) is 0 Å². The van der Waals surface area contributed by atoms with Crippen LogP contribution < -0.4 is 15.4 Å². The van der Waals surface area contributed by atoms with Crippen LogP contribution in [0.5, 0.6) is 5.75 Å². The Kier molecular flexibility index (Phi) is 7.28. The molecular weight excluding hydrogens is 360 g/mol. The zero-order chi connectivity index (χ0) is 20.5. The van der Waals surface area contributed by atoms with E-state index >= 15 is 0 Å². The number of amides is 1. The van der Waals surface area contributed by atoms with Crippen molar-refractivity contribution in [3.05, 3.63) is 89.5 Å². The van der Waals surface area contributed by atoms with E-state index in [0.717, 1.165) is 35.5 Å². The second-order valence-electron chi connectivity index (χ2n) is 7.17. The van der Waals surface area contributed by atoms with Crippen LogP contribution in [0.4, 0.5) is 11.4 Å². The van der Waals surface area contributed by atoms with E-state index in [-0.39, 0.29) is 12.5 Å². The average Bonchev–Trinajstić information content (AvgIpc) is 2.73. The molecule has 0 saturated heterocycles. The van der Waals surface area contributed by atoms with E-state index in [1.54, 1.807) is 0 Å². The Morgan fingerprint density at radius 3 is 2.48 bits per heavy atom. The van der Waals surface area contributed by atoms with E-state index in [9.17, 15) is 4.79 Å². The minimum atomic E-state index is -0.0811. The number of hydrogen-bond donors (Lipinski definition) is 2. The normalized spacial score (nSPS) is 10.4. The summed E-state index contributed by atoms with van der Waals surface area (Å²) in [5.41, 5.74) is 5.37. The van der Waals surface area contributed by atoms with Crippen molar-refractivity contribution in [3.8, 4) is 5.75 Å². The predicted octanol–water partition coefficient (Wildman–Crippen LogP) is 5.37. The number of aryl methyl sites for hydroxylation is 3. The van der Waals surface area contributed by atoms with Crippen LogP contribution in [-0.4, -0.2) is 19.1 Å². The molecule has 1 amide bonds. The van der Waals surface area contributed by atoms with Gasteiger partial charge in [-0.2, -0.15) is 0 Å². The molecule has 4 heteroatoms. The molecule has 0 radical (unpaired) electrons. The van der Waals surface area contributed by atoms with Gasteiger partial charge < -0.3 is 15.4 Å². The highest BCUT2D eigenvalue weighted by atomic mass is 16.5. The van der Waals surface area contributed by atoms with Crippen LogP contribution in [0.15, 0.2) is 72.8 Å². The Hall–Kier alpha value is -3.27. The van der Waals surface area contributed by atoms with Crippen molar-refractivity contribution >= 4 is 17.3 Å². The van der Waals surface area contributed by atoms with Crippen LogP contribution in [0, 0.1) is 13.8 Å². The van der Waals surface area contributed by atoms with Gasteiger partial charge in [-0.25, -0.2) is 0 Å². The molecule has 4 nitrogen and oxygen atoms in total. The Bertz CT molecular complexity index is 939. The summed E-state index contributed by atoms with van der Waals surface area (Å²) in [6, 6.07) is 24.0. The van der Waals surface area contributed by atoms with Crippen LogP contribution in [0.3, 0.4) is 0 Å². The number of ether oxygens (including phenoxy) is 1. The van der Waals surface area contributed by atoms with E-state index in [1.807, 2.05) is 55.5 Å². The van der Waals surface area contributed by atoms with E-state index in [4.69, 9.17) is 4.74 Å². The topological polar surface area (TPSA) is 50.4 Å². The summed E-state index contributed by atoms with van der Waals surface area (Å²) in [6.45, 7) is 4.95. The van der Waals surface area contributed by atoms with Gasteiger partial charge in [0.25, 0.3) is 0 Å². The van der Waals surface area contributed by atoms with Crippen LogP contribution >= 0.6 is 0 Å². The quantitative estimate of drug-likeness (QED) is 0.485. The summed E-state index contributed by atoms with van der Waals surface area (Å²) in [7, 11) is 0. The van der Waals surface area contributed by atoms with Gasteiger partial charge in [-0.1, -0.05) is 42.5 Å². The van der Waals surface area contributed by atoms with Gasteiger partial charge in [0.05, 0.1) is 13.2 Å². The first-order valence-corrected chi connectivity index (χ1v) is 9.98. The summed E-state index contributed by atoms with van der Waals surface area (Å²) in [4.78, 5) is 12.2. The minimum absolute atomic E-state index is 0.0811. The number of carbonyl (C=O) groups excluding carboxylic acids is 1. The third-order valence-corrected chi connectivity index (χ3v) is 4.80. The van der Waals surface area contributed by atoms with Crippen molar-refractivity contribution in [3.63, 3.8) is 0 Å². The number of nitrogens with one attached hydrogen (secondary N) is 2. The molecular formula is C25H28N2O2. The van der Waals surface area contributed by atoms with Crippen LogP contribution in [0.1, 0.15) is 23.1 Å². The molecule has 3 rings (SSSR count). The highest BCUT2D eigenvalue weighted by molar-refractivity contribution is 5.93. The smallest absolute Gasteiger partial charge is 0.243 e. The molecule has 0 aliphatic rings. The average molecular weight is 389 g/mol. The molecule has 3 aromatic rings. The lowest BCUT2D eigenvalue weighted by molar-refractivity contribution is -0.114. The number of rotatable bonds is 9. The fourth-order valence-corrected chi connectivity index (χ4v) is 3.01. The van der Waals surface area contributed by atoms with Gasteiger partial charge in [0, 0.05) is 17.4 Å². The van der Waals surface area contributed by atoms with Gasteiger partial charge in [-0.05, 0) is 67.6 Å². The molecule has 0 bridgehead atoms. The second kappa shape index (κ2) is 10.3. The van der Waals surface area contributed by atoms with Gasteiger partial charge in [0.15, 0.2) is 0 Å². The maximum atomic E-state index is 12.2. The molecule has 2 N–H and O–H groups in total. The van der Waals surface area contributed by atoms with E-state index in [0.29, 0.717) is 6.61 Å². The SMILES string of the molecule is Cc1ccc(NC(=O)CNc2cccc(OCCCc3ccccc3)c2)cc1C. The number of hydrogen-bond acceptors (Lipinski definition) is 3. The molecule has 0 saturated carbocycles. The van der Waals surface area contributed by atoms with Crippen molar-refractivity contribution in [1.29, 1.82) is 0 Å². The molecule has 29 heavy (non-hydrogen) atoms. The molecule has 0 unspecified atom stereocenters. The molecule has 0 aromatic heterocycles. The Balaban J connectivity index is 1.43. The van der Waals surface area contributed by atoms with Crippen LogP contribution in [-0.2, 0) is 11.2 Å². The van der Waals surface area contributed by atoms with Crippen LogP contribution in [0.25, 0.3) is 0 Å². The van der Waals surface area contributed by atoms with Crippen molar-refractivity contribution in [2.24, 2.45) is 0 Å². The number of benzene rings is 3. The Morgan fingerprint density at radius 2 is 1.69 bits per heavy atom. The standard InChI is InChI=1S/C25H28N2O2/c1-19-13-14-23(16-20(19)2)27-25(28)18-26-22-11-6-12-24(17-22)29-15-7-10-21-8-4-3-5-9-21/h3-6,8-9,11-14,16-17,26H,7,10,15,18H2,1-2H3,(H,27,28). The monoisotopic (exact) mass is 388 g/mol. The van der Waals surface area contributed by atoms with E-state index in [2.05, 4.69) is 41.8 Å². The molecule has 0 aliphatic carbocycles. The van der Waals surface area contributed by atoms with Crippen molar-refractivity contribution < 1.29 is 9.53 Å². The van der Waals surface area contributed by atoms with E-state index < -0.39 is 0 Å². The lowest BCUT2D eigenvalue weighted by Crippen LogP contribution is -2.21. The van der Waals surface area contributed by atoms with Gasteiger partial charge in [-0.15, -0.1) is 0 Å². The third kappa shape index (κ3) is 6.68. The molecule has 0 spiro atoms. The lowest BCUT2D eigenvalue weighted by atomic mass is 10.1. The zero-order valence-electron chi connectivity index (χ0n) is 17.1. The summed E-state index contributed by atoms with van der Waals surface area (Å²) >= 11 is 0. The largest absolute Gasteiger partial charge is 0.494 e. The van der Waals surface area contributed by atoms with Gasteiger partial charge in [0.2, 0.25) is 5.91 Å². The first-order valence-electron chi connectivity index (χ1n) is 9.98. The maximum absolute atomic E-state index is 12.2. The summed E-state index contributed by atoms with van der Waals surface area (Å²) < 4.78 is 5.85. The van der Waals surface area contributed by atoms with E-state index in [1.165, 1.54) is 11.1 Å². The summed E-state index contributed by atoms with van der Waals surface area (Å²) in [5, 5.41) is 6.07. The molecule has 0 aliphatic heterocycles. The molecule has 0 heterocycles. The Morgan fingerprint density at radius 1 is 0.862 bits per heavy atom. The summed E-state index contributed by atoms with van der Waals surface area (Å²) in [5.74, 6) is 0.722. The minimum Gasteiger partial charge on any atom is -0.494 e. The second-order valence-corrected chi connectivity index (χ2v) is 7.17. The molecule has 150 valence electrons. The fourth-order valence-electron chi connectivity index (χ4n) is 3.01. The van der Waals surface area contributed by atoms with Crippen molar-refractivity contribution in [2.75, 3.05) is 23.8 Å². The van der Waals surface area contributed by atoms with Gasteiger partial charge in [-0.3, -0.25) is 4.79 Å². The first kappa shape index (κ1) is 20.5. The first-order chi connectivity index (χ1) is 14.1.